The zero-order valence-electron chi connectivity index (χ0n) is 11.0. The lowest BCUT2D eigenvalue weighted by molar-refractivity contribution is -0.137. The molecule has 1 aliphatic rings. The zero-order chi connectivity index (χ0) is 13.9. The van der Waals surface area contributed by atoms with Gasteiger partial charge in [0.2, 0.25) is 0 Å². The Balaban J connectivity index is 2.11. The summed E-state index contributed by atoms with van der Waals surface area (Å²) in [6, 6.07) is 0.301. The molecular formula is C13H19F3N2S. The summed E-state index contributed by atoms with van der Waals surface area (Å²) in [5.41, 5.74) is 0. The summed E-state index contributed by atoms with van der Waals surface area (Å²) in [5.74, 6) is 0.189. The molecule has 1 aromatic rings. The number of nitrogens with zero attached hydrogens (tertiary/aromatic N) is 1. The minimum atomic E-state index is -4.32. The van der Waals surface area contributed by atoms with E-state index in [2.05, 4.69) is 17.2 Å². The van der Waals surface area contributed by atoms with Gasteiger partial charge >= 0.3 is 6.18 Å². The van der Waals surface area contributed by atoms with Crippen LogP contribution in [-0.2, 0) is 6.18 Å². The van der Waals surface area contributed by atoms with Crippen molar-refractivity contribution in [3.05, 3.63) is 16.1 Å². The first-order valence-electron chi connectivity index (χ1n) is 6.78. The fourth-order valence-electron chi connectivity index (χ4n) is 2.63. The van der Waals surface area contributed by atoms with Crippen LogP contribution in [0.4, 0.5) is 13.2 Å². The van der Waals surface area contributed by atoms with Crippen LogP contribution in [0.25, 0.3) is 0 Å². The Bertz CT molecular complexity index is 403. The van der Waals surface area contributed by atoms with E-state index < -0.39 is 11.2 Å². The standard InChI is InChI=1S/C13H19F3N2S/c1-2-7-17-10-6-4-3-5-9(10)11-8-18-12(19-11)13(14,15)16/h8-10,17H,2-7H2,1H3. The van der Waals surface area contributed by atoms with Crippen LogP contribution in [0.3, 0.4) is 0 Å². The van der Waals surface area contributed by atoms with Gasteiger partial charge in [-0.1, -0.05) is 19.8 Å². The quantitative estimate of drug-likeness (QED) is 0.900. The van der Waals surface area contributed by atoms with Gasteiger partial charge in [0, 0.05) is 23.0 Å². The van der Waals surface area contributed by atoms with E-state index in [-0.39, 0.29) is 5.92 Å². The topological polar surface area (TPSA) is 24.9 Å². The van der Waals surface area contributed by atoms with Crippen molar-refractivity contribution in [1.29, 1.82) is 0 Å². The van der Waals surface area contributed by atoms with Crippen LogP contribution in [0, 0.1) is 0 Å². The average molecular weight is 292 g/mol. The molecule has 0 spiro atoms. The summed E-state index contributed by atoms with van der Waals surface area (Å²) in [6.45, 7) is 3.02. The first-order valence-corrected chi connectivity index (χ1v) is 7.60. The van der Waals surface area contributed by atoms with E-state index in [1.807, 2.05) is 0 Å². The van der Waals surface area contributed by atoms with Crippen LogP contribution < -0.4 is 5.32 Å². The molecule has 0 bridgehead atoms. The number of aromatic nitrogens is 1. The van der Waals surface area contributed by atoms with Crippen LogP contribution in [0.5, 0.6) is 0 Å². The third-order valence-corrected chi connectivity index (χ3v) is 4.73. The molecular weight excluding hydrogens is 273 g/mol. The fraction of sp³-hybridized carbons (Fsp3) is 0.769. The van der Waals surface area contributed by atoms with E-state index in [0.717, 1.165) is 54.9 Å². The average Bonchev–Trinajstić information content (AvgIpc) is 2.86. The minimum Gasteiger partial charge on any atom is -0.313 e. The van der Waals surface area contributed by atoms with Crippen molar-refractivity contribution in [3.63, 3.8) is 0 Å². The highest BCUT2D eigenvalue weighted by Crippen LogP contribution is 2.39. The van der Waals surface area contributed by atoms with Crippen LogP contribution in [0.2, 0.25) is 0 Å². The molecule has 1 N–H and O–H groups in total. The number of nitrogens with one attached hydrogen (secondary N) is 1. The lowest BCUT2D eigenvalue weighted by Gasteiger charge is -2.31. The van der Waals surface area contributed by atoms with Crippen molar-refractivity contribution in [2.75, 3.05) is 6.54 Å². The molecule has 0 radical (unpaired) electrons. The van der Waals surface area contributed by atoms with Crippen molar-refractivity contribution in [2.24, 2.45) is 0 Å². The highest BCUT2D eigenvalue weighted by molar-refractivity contribution is 7.11. The van der Waals surface area contributed by atoms with Crippen molar-refractivity contribution < 1.29 is 13.2 Å². The first kappa shape index (κ1) is 14.8. The summed E-state index contributed by atoms with van der Waals surface area (Å²) < 4.78 is 37.8. The summed E-state index contributed by atoms with van der Waals surface area (Å²) >= 11 is 0.807. The van der Waals surface area contributed by atoms with Gasteiger partial charge in [-0.15, -0.1) is 11.3 Å². The van der Waals surface area contributed by atoms with Crippen LogP contribution in [-0.4, -0.2) is 17.6 Å². The zero-order valence-corrected chi connectivity index (χ0v) is 11.8. The summed E-state index contributed by atoms with van der Waals surface area (Å²) in [6.07, 6.45) is 2.40. The predicted octanol–water partition coefficient (Wildman–Crippen LogP) is 4.19. The Labute approximate surface area is 115 Å². The molecule has 2 unspecified atom stereocenters. The van der Waals surface area contributed by atoms with Crippen molar-refractivity contribution >= 4 is 11.3 Å². The van der Waals surface area contributed by atoms with E-state index in [9.17, 15) is 13.2 Å². The highest BCUT2D eigenvalue weighted by atomic mass is 32.1. The third kappa shape index (κ3) is 3.69. The van der Waals surface area contributed by atoms with Crippen molar-refractivity contribution in [2.45, 2.75) is 57.2 Å². The summed E-state index contributed by atoms with van der Waals surface area (Å²) in [5, 5.41) is 2.75. The van der Waals surface area contributed by atoms with Gasteiger partial charge in [0.25, 0.3) is 0 Å². The highest BCUT2D eigenvalue weighted by Gasteiger charge is 2.36. The van der Waals surface area contributed by atoms with E-state index >= 15 is 0 Å². The molecule has 108 valence electrons. The van der Waals surface area contributed by atoms with Gasteiger partial charge in [-0.3, -0.25) is 0 Å². The molecule has 0 aromatic carbocycles. The van der Waals surface area contributed by atoms with E-state index in [0.29, 0.717) is 6.04 Å². The molecule has 2 atom stereocenters. The SMILES string of the molecule is CCCNC1CCCCC1c1cnc(C(F)(F)F)s1. The fourth-order valence-corrected chi connectivity index (χ4v) is 3.62. The van der Waals surface area contributed by atoms with E-state index in [1.54, 1.807) is 0 Å². The van der Waals surface area contributed by atoms with Gasteiger partial charge in [-0.25, -0.2) is 4.98 Å². The van der Waals surface area contributed by atoms with E-state index in [1.165, 1.54) is 6.20 Å². The maximum absolute atomic E-state index is 12.6. The lowest BCUT2D eigenvalue weighted by atomic mass is 9.83. The van der Waals surface area contributed by atoms with Gasteiger partial charge in [0.1, 0.15) is 0 Å². The molecule has 1 saturated carbocycles. The molecule has 19 heavy (non-hydrogen) atoms. The predicted molar refractivity (Wildman–Crippen MR) is 70.4 cm³/mol. The van der Waals surface area contributed by atoms with Gasteiger partial charge in [0.15, 0.2) is 5.01 Å². The van der Waals surface area contributed by atoms with Gasteiger partial charge in [-0.05, 0) is 25.8 Å². The molecule has 2 nitrogen and oxygen atoms in total. The number of rotatable bonds is 4. The normalized spacial score (nSPS) is 24.6. The third-order valence-electron chi connectivity index (χ3n) is 3.55. The Morgan fingerprint density at radius 3 is 2.74 bits per heavy atom. The molecule has 2 rings (SSSR count). The smallest absolute Gasteiger partial charge is 0.313 e. The maximum atomic E-state index is 12.6. The largest absolute Gasteiger partial charge is 0.443 e. The monoisotopic (exact) mass is 292 g/mol. The lowest BCUT2D eigenvalue weighted by Crippen LogP contribution is -2.37. The minimum absolute atomic E-state index is 0.189. The Morgan fingerprint density at radius 1 is 1.37 bits per heavy atom. The number of alkyl halides is 3. The molecule has 1 heterocycles. The summed E-state index contributed by atoms with van der Waals surface area (Å²) in [4.78, 5) is 4.32. The molecule has 6 heteroatoms. The Kier molecular flexibility index (Phi) is 4.84. The molecule has 1 aliphatic carbocycles. The van der Waals surface area contributed by atoms with Crippen LogP contribution >= 0.6 is 11.3 Å². The molecule has 0 amide bonds. The Morgan fingerprint density at radius 2 is 2.11 bits per heavy atom. The van der Waals surface area contributed by atoms with E-state index in [4.69, 9.17) is 0 Å². The molecule has 0 saturated heterocycles. The number of hydrogen-bond donors (Lipinski definition) is 1. The van der Waals surface area contributed by atoms with Gasteiger partial charge in [-0.2, -0.15) is 13.2 Å². The van der Waals surface area contributed by atoms with Gasteiger partial charge in [0.05, 0.1) is 0 Å². The second-order valence-corrected chi connectivity index (χ2v) is 6.08. The van der Waals surface area contributed by atoms with Crippen molar-refractivity contribution in [1.82, 2.24) is 10.3 Å². The summed E-state index contributed by atoms with van der Waals surface area (Å²) in [7, 11) is 0. The van der Waals surface area contributed by atoms with Crippen LogP contribution in [0.15, 0.2) is 6.20 Å². The van der Waals surface area contributed by atoms with Crippen molar-refractivity contribution in [3.8, 4) is 0 Å². The maximum Gasteiger partial charge on any atom is 0.443 e. The van der Waals surface area contributed by atoms with Gasteiger partial charge < -0.3 is 5.32 Å². The molecule has 1 aromatic heterocycles. The second kappa shape index (κ2) is 6.22. The second-order valence-electron chi connectivity index (χ2n) is 5.02. The molecule has 1 fully saturated rings. The molecule has 0 aliphatic heterocycles. The Hall–Kier alpha value is -0.620. The number of halogens is 3. The number of thiazole rings is 1. The number of hydrogen-bond acceptors (Lipinski definition) is 3. The first-order chi connectivity index (χ1) is 9.02. The van der Waals surface area contributed by atoms with Crippen LogP contribution in [0.1, 0.15) is 54.8 Å².